The maximum Gasteiger partial charge on any atom is 0.241 e. The molecule has 2 atom stereocenters. The summed E-state index contributed by atoms with van der Waals surface area (Å²) >= 11 is 0. The van der Waals surface area contributed by atoms with Crippen LogP contribution in [0, 0.1) is 6.92 Å². The number of sulfonamides is 1. The standard InChI is InChI=1S/C28H34N2O6S/c1-6-36-25-15-13-23(16-19(25)2)37(32,33)30-24(17-21-10-8-7-9-11-21)28(31)29-20(3)22-12-14-26(34-4)27(18-22)35-5/h7-16,18,20,24,30H,6,17H2,1-5H3,(H,29,31). The Morgan fingerprint density at radius 1 is 0.919 bits per heavy atom. The topological polar surface area (TPSA) is 103 Å². The van der Waals surface area contributed by atoms with E-state index in [1.54, 1.807) is 32.2 Å². The molecule has 0 bridgehead atoms. The molecule has 2 unspecified atom stereocenters. The van der Waals surface area contributed by atoms with Crippen molar-refractivity contribution >= 4 is 15.9 Å². The summed E-state index contributed by atoms with van der Waals surface area (Å²) in [5.74, 6) is 1.28. The second kappa shape index (κ2) is 12.6. The van der Waals surface area contributed by atoms with Crippen LogP contribution in [0.25, 0.3) is 0 Å². The molecule has 0 spiro atoms. The third kappa shape index (κ3) is 7.24. The van der Waals surface area contributed by atoms with Crippen molar-refractivity contribution in [2.75, 3.05) is 20.8 Å². The molecule has 3 rings (SSSR count). The zero-order valence-electron chi connectivity index (χ0n) is 21.8. The fraction of sp³-hybridized carbons (Fsp3) is 0.321. The molecule has 0 aliphatic heterocycles. The number of hydrogen-bond acceptors (Lipinski definition) is 6. The van der Waals surface area contributed by atoms with Gasteiger partial charge in [0.15, 0.2) is 11.5 Å². The van der Waals surface area contributed by atoms with Gasteiger partial charge in [0.05, 0.1) is 31.8 Å². The van der Waals surface area contributed by atoms with Gasteiger partial charge in [0, 0.05) is 0 Å². The van der Waals surface area contributed by atoms with Crippen LogP contribution in [0.5, 0.6) is 17.2 Å². The van der Waals surface area contributed by atoms with Gasteiger partial charge in [0.25, 0.3) is 0 Å². The van der Waals surface area contributed by atoms with Gasteiger partial charge in [-0.1, -0.05) is 36.4 Å². The van der Waals surface area contributed by atoms with Crippen LogP contribution in [0.2, 0.25) is 0 Å². The maximum absolute atomic E-state index is 13.4. The van der Waals surface area contributed by atoms with Crippen molar-refractivity contribution in [3.8, 4) is 17.2 Å². The molecule has 0 aromatic heterocycles. The van der Waals surface area contributed by atoms with Gasteiger partial charge in [0.2, 0.25) is 15.9 Å². The first-order chi connectivity index (χ1) is 17.7. The number of benzene rings is 3. The van der Waals surface area contributed by atoms with E-state index in [0.717, 1.165) is 11.1 Å². The van der Waals surface area contributed by atoms with Crippen molar-refractivity contribution in [2.45, 2.75) is 44.2 Å². The third-order valence-corrected chi connectivity index (χ3v) is 7.39. The normalized spacial score (nSPS) is 12.9. The zero-order valence-corrected chi connectivity index (χ0v) is 22.6. The molecule has 0 heterocycles. The predicted octanol–water partition coefficient (Wildman–Crippen LogP) is 4.18. The summed E-state index contributed by atoms with van der Waals surface area (Å²) in [5, 5.41) is 2.93. The molecule has 198 valence electrons. The lowest BCUT2D eigenvalue weighted by Crippen LogP contribution is -2.48. The smallest absolute Gasteiger partial charge is 0.241 e. The number of hydrogen-bond donors (Lipinski definition) is 2. The van der Waals surface area contributed by atoms with Crippen LogP contribution in [0.4, 0.5) is 0 Å². The van der Waals surface area contributed by atoms with E-state index in [9.17, 15) is 13.2 Å². The first-order valence-electron chi connectivity index (χ1n) is 12.0. The van der Waals surface area contributed by atoms with Gasteiger partial charge >= 0.3 is 0 Å². The molecule has 2 N–H and O–H groups in total. The lowest BCUT2D eigenvalue weighted by molar-refractivity contribution is -0.123. The number of amides is 1. The van der Waals surface area contributed by atoms with Gasteiger partial charge in [-0.05, 0) is 74.2 Å². The first kappa shape index (κ1) is 28.0. The highest BCUT2D eigenvalue weighted by Crippen LogP contribution is 2.30. The Balaban J connectivity index is 1.85. The van der Waals surface area contributed by atoms with Gasteiger partial charge in [-0.25, -0.2) is 8.42 Å². The second-order valence-corrected chi connectivity index (χ2v) is 10.3. The lowest BCUT2D eigenvalue weighted by atomic mass is 10.0. The van der Waals surface area contributed by atoms with Crippen LogP contribution in [0.1, 0.15) is 36.6 Å². The molecule has 0 aliphatic rings. The average Bonchev–Trinajstić information content (AvgIpc) is 2.89. The monoisotopic (exact) mass is 526 g/mol. The highest BCUT2D eigenvalue weighted by molar-refractivity contribution is 7.89. The third-order valence-electron chi connectivity index (χ3n) is 5.92. The lowest BCUT2D eigenvalue weighted by Gasteiger charge is -2.22. The van der Waals surface area contributed by atoms with Crippen LogP contribution >= 0.6 is 0 Å². The van der Waals surface area contributed by atoms with Crippen LogP contribution in [-0.4, -0.2) is 41.2 Å². The Bertz CT molecular complexity index is 1310. The number of ether oxygens (including phenoxy) is 3. The van der Waals surface area contributed by atoms with Gasteiger partial charge in [-0.2, -0.15) is 4.72 Å². The summed E-state index contributed by atoms with van der Waals surface area (Å²) in [6.07, 6.45) is 0.181. The Morgan fingerprint density at radius 3 is 2.22 bits per heavy atom. The average molecular weight is 527 g/mol. The van der Waals surface area contributed by atoms with Crippen molar-refractivity contribution < 1.29 is 27.4 Å². The minimum absolute atomic E-state index is 0.0623. The molecule has 0 saturated heterocycles. The molecule has 0 fully saturated rings. The molecular formula is C28H34N2O6S. The van der Waals surface area contributed by atoms with E-state index in [1.165, 1.54) is 19.2 Å². The number of carbonyl (C=O) groups excluding carboxylic acids is 1. The second-order valence-electron chi connectivity index (χ2n) is 8.57. The SMILES string of the molecule is CCOc1ccc(S(=O)(=O)NC(Cc2ccccc2)C(=O)NC(C)c2ccc(OC)c(OC)c2)cc1C. The van der Waals surface area contributed by atoms with Gasteiger partial charge < -0.3 is 19.5 Å². The highest BCUT2D eigenvalue weighted by Gasteiger charge is 2.28. The number of nitrogens with one attached hydrogen (secondary N) is 2. The van der Waals surface area contributed by atoms with E-state index < -0.39 is 28.0 Å². The van der Waals surface area contributed by atoms with Crippen LogP contribution in [0.3, 0.4) is 0 Å². The van der Waals surface area contributed by atoms with Gasteiger partial charge in [-0.3, -0.25) is 4.79 Å². The summed E-state index contributed by atoms with van der Waals surface area (Å²) in [4.78, 5) is 13.5. The Kier molecular flexibility index (Phi) is 9.54. The quantitative estimate of drug-likeness (QED) is 0.367. The minimum Gasteiger partial charge on any atom is -0.494 e. The van der Waals surface area contributed by atoms with Crippen LogP contribution in [-0.2, 0) is 21.2 Å². The number of carbonyl (C=O) groups is 1. The molecule has 8 nitrogen and oxygen atoms in total. The summed E-state index contributed by atoms with van der Waals surface area (Å²) in [6.45, 7) is 5.94. The van der Waals surface area contributed by atoms with Gasteiger partial charge in [0.1, 0.15) is 11.8 Å². The van der Waals surface area contributed by atoms with E-state index in [2.05, 4.69) is 10.0 Å². The van der Waals surface area contributed by atoms with Crippen molar-refractivity contribution in [3.05, 3.63) is 83.4 Å². The molecule has 9 heteroatoms. The number of aryl methyl sites for hydroxylation is 1. The highest BCUT2D eigenvalue weighted by atomic mass is 32.2. The van der Waals surface area contributed by atoms with Gasteiger partial charge in [-0.15, -0.1) is 0 Å². The van der Waals surface area contributed by atoms with E-state index in [0.29, 0.717) is 29.4 Å². The van der Waals surface area contributed by atoms with Crippen molar-refractivity contribution in [1.29, 1.82) is 0 Å². The summed E-state index contributed by atoms with van der Waals surface area (Å²) < 4.78 is 45.4. The van der Waals surface area contributed by atoms with Crippen molar-refractivity contribution in [2.24, 2.45) is 0 Å². The summed E-state index contributed by atoms with van der Waals surface area (Å²) in [5.41, 5.74) is 2.30. The molecular weight excluding hydrogens is 492 g/mol. The number of rotatable bonds is 12. The molecule has 0 radical (unpaired) electrons. The molecule has 3 aromatic carbocycles. The zero-order chi connectivity index (χ0) is 27.0. The Hall–Kier alpha value is -3.56. The molecule has 37 heavy (non-hydrogen) atoms. The van der Waals surface area contributed by atoms with E-state index in [1.807, 2.05) is 50.2 Å². The molecule has 0 saturated carbocycles. The Morgan fingerprint density at radius 2 is 1.59 bits per heavy atom. The predicted molar refractivity (Wildman–Crippen MR) is 143 cm³/mol. The fourth-order valence-corrected chi connectivity index (χ4v) is 5.20. The molecule has 1 amide bonds. The summed E-state index contributed by atoms with van der Waals surface area (Å²) in [7, 11) is -0.912. The largest absolute Gasteiger partial charge is 0.494 e. The maximum atomic E-state index is 13.4. The van der Waals surface area contributed by atoms with E-state index >= 15 is 0 Å². The van der Waals surface area contributed by atoms with Crippen LogP contribution in [0.15, 0.2) is 71.6 Å². The van der Waals surface area contributed by atoms with E-state index in [-0.39, 0.29) is 11.3 Å². The fourth-order valence-electron chi connectivity index (χ4n) is 3.92. The van der Waals surface area contributed by atoms with E-state index in [4.69, 9.17) is 14.2 Å². The molecule has 0 aliphatic carbocycles. The van der Waals surface area contributed by atoms with Crippen molar-refractivity contribution in [1.82, 2.24) is 10.0 Å². The number of methoxy groups -OCH3 is 2. The van der Waals surface area contributed by atoms with Crippen LogP contribution < -0.4 is 24.2 Å². The molecule has 3 aromatic rings. The minimum atomic E-state index is -4.00. The first-order valence-corrected chi connectivity index (χ1v) is 13.5. The summed E-state index contributed by atoms with van der Waals surface area (Å²) in [6, 6.07) is 17.8. The van der Waals surface area contributed by atoms with Crippen molar-refractivity contribution in [3.63, 3.8) is 0 Å². The Labute approximate surface area is 219 Å².